The van der Waals surface area contributed by atoms with Crippen LogP contribution in [0.2, 0.25) is 0 Å². The number of carbonyl (C=O) groups is 1. The van der Waals surface area contributed by atoms with Crippen LogP contribution < -0.4 is 10.5 Å². The van der Waals surface area contributed by atoms with Crippen LogP contribution in [-0.2, 0) is 11.2 Å². The molecule has 25 heavy (non-hydrogen) atoms. The van der Waals surface area contributed by atoms with Crippen molar-refractivity contribution in [3.63, 3.8) is 0 Å². The van der Waals surface area contributed by atoms with Crippen LogP contribution in [0.1, 0.15) is 12.5 Å². The number of hydrogen-bond acceptors (Lipinski definition) is 3. The van der Waals surface area contributed by atoms with Gasteiger partial charge in [-0.25, -0.2) is 4.39 Å². The second-order valence-electron chi connectivity index (χ2n) is 5.57. The van der Waals surface area contributed by atoms with Crippen molar-refractivity contribution in [3.8, 4) is 5.75 Å². The van der Waals surface area contributed by atoms with Crippen molar-refractivity contribution in [1.82, 2.24) is 4.90 Å². The molecule has 2 aromatic rings. The zero-order valence-corrected chi connectivity index (χ0v) is 15.0. The molecule has 0 radical (unpaired) electrons. The minimum atomic E-state index is -0.700. The van der Waals surface area contributed by atoms with Gasteiger partial charge >= 0.3 is 0 Å². The summed E-state index contributed by atoms with van der Waals surface area (Å²) in [6.07, 6.45) is 0.0494. The normalized spacial score (nSPS) is 11.3. The van der Waals surface area contributed by atoms with Gasteiger partial charge in [0, 0.05) is 25.7 Å². The first-order valence-corrected chi connectivity index (χ1v) is 8.05. The lowest BCUT2D eigenvalue weighted by Crippen LogP contribution is -2.43. The summed E-state index contributed by atoms with van der Waals surface area (Å²) in [7, 11) is 0. The van der Waals surface area contributed by atoms with Crippen LogP contribution in [0.3, 0.4) is 0 Å². The van der Waals surface area contributed by atoms with Gasteiger partial charge in [-0.05, 0) is 31.0 Å². The van der Waals surface area contributed by atoms with Gasteiger partial charge in [-0.15, -0.1) is 12.4 Å². The first-order valence-electron chi connectivity index (χ1n) is 8.05. The summed E-state index contributed by atoms with van der Waals surface area (Å²) < 4.78 is 18.8. The zero-order chi connectivity index (χ0) is 17.4. The van der Waals surface area contributed by atoms with E-state index in [4.69, 9.17) is 10.5 Å². The minimum Gasteiger partial charge on any atom is -0.481 e. The Morgan fingerprint density at radius 1 is 1.16 bits per heavy atom. The molecule has 0 heterocycles. The second kappa shape index (κ2) is 10.7. The number of nitrogens with two attached hydrogens (primary N) is 1. The maximum Gasteiger partial charge on any atom is 0.263 e. The van der Waals surface area contributed by atoms with Crippen LogP contribution in [-0.4, -0.2) is 36.5 Å². The molecule has 0 saturated heterocycles. The maximum absolute atomic E-state index is 13.2. The molecule has 0 saturated carbocycles. The van der Waals surface area contributed by atoms with Gasteiger partial charge in [-0.1, -0.05) is 36.4 Å². The topological polar surface area (TPSA) is 55.6 Å². The van der Waals surface area contributed by atoms with E-state index in [0.717, 1.165) is 12.0 Å². The molecule has 0 aliphatic rings. The minimum absolute atomic E-state index is 0. The molecule has 0 fully saturated rings. The average Bonchev–Trinajstić information content (AvgIpc) is 2.59. The van der Waals surface area contributed by atoms with Gasteiger partial charge in [-0.3, -0.25) is 4.79 Å². The molecule has 0 aromatic heterocycles. The summed E-state index contributed by atoms with van der Waals surface area (Å²) >= 11 is 0. The SMILES string of the molecule is CC(Oc1cccc(F)c1)C(=O)N(CCN)CCc1ccccc1.Cl. The molecular formula is C19H24ClFN2O2. The molecule has 0 aliphatic carbocycles. The van der Waals surface area contributed by atoms with Crippen LogP contribution in [0.25, 0.3) is 0 Å². The third-order valence-electron chi connectivity index (χ3n) is 3.68. The molecule has 2 rings (SSSR count). The summed E-state index contributed by atoms with van der Waals surface area (Å²) in [6, 6.07) is 15.7. The van der Waals surface area contributed by atoms with E-state index in [-0.39, 0.29) is 18.3 Å². The van der Waals surface area contributed by atoms with E-state index in [1.807, 2.05) is 30.3 Å². The Morgan fingerprint density at radius 3 is 2.52 bits per heavy atom. The van der Waals surface area contributed by atoms with Crippen molar-refractivity contribution < 1.29 is 13.9 Å². The van der Waals surface area contributed by atoms with Crippen molar-refractivity contribution in [2.75, 3.05) is 19.6 Å². The van der Waals surface area contributed by atoms with Gasteiger partial charge in [0.1, 0.15) is 11.6 Å². The monoisotopic (exact) mass is 366 g/mol. The fourth-order valence-electron chi connectivity index (χ4n) is 2.45. The van der Waals surface area contributed by atoms with Crippen molar-refractivity contribution >= 4 is 18.3 Å². The Labute approximate surface area is 154 Å². The molecule has 1 atom stereocenters. The summed E-state index contributed by atoms with van der Waals surface area (Å²) in [6.45, 7) is 3.08. The number of benzene rings is 2. The van der Waals surface area contributed by atoms with E-state index >= 15 is 0 Å². The highest BCUT2D eigenvalue weighted by Crippen LogP contribution is 2.15. The van der Waals surface area contributed by atoms with E-state index in [0.29, 0.717) is 25.4 Å². The molecule has 2 aromatic carbocycles. The van der Waals surface area contributed by atoms with Gasteiger partial charge < -0.3 is 15.4 Å². The Morgan fingerprint density at radius 2 is 1.88 bits per heavy atom. The highest BCUT2D eigenvalue weighted by Gasteiger charge is 2.21. The van der Waals surface area contributed by atoms with E-state index in [9.17, 15) is 9.18 Å². The molecule has 0 bridgehead atoms. The van der Waals surface area contributed by atoms with E-state index < -0.39 is 11.9 Å². The molecule has 2 N–H and O–H groups in total. The lowest BCUT2D eigenvalue weighted by molar-refractivity contribution is -0.137. The molecule has 0 spiro atoms. The number of halogens is 2. The molecule has 1 unspecified atom stereocenters. The van der Waals surface area contributed by atoms with Gasteiger partial charge in [0.2, 0.25) is 0 Å². The van der Waals surface area contributed by atoms with Crippen molar-refractivity contribution in [2.45, 2.75) is 19.4 Å². The van der Waals surface area contributed by atoms with Crippen LogP contribution in [0.4, 0.5) is 4.39 Å². The maximum atomic E-state index is 13.2. The summed E-state index contributed by atoms with van der Waals surface area (Å²) in [5.41, 5.74) is 6.78. The third-order valence-corrected chi connectivity index (χ3v) is 3.68. The Hall–Kier alpha value is -2.11. The van der Waals surface area contributed by atoms with Crippen molar-refractivity contribution in [3.05, 3.63) is 66.0 Å². The Bertz CT molecular complexity index is 655. The quantitative estimate of drug-likeness (QED) is 0.781. The fraction of sp³-hybridized carbons (Fsp3) is 0.316. The molecule has 6 heteroatoms. The van der Waals surface area contributed by atoms with Crippen LogP contribution in [0.5, 0.6) is 5.75 Å². The summed E-state index contributed by atoms with van der Waals surface area (Å²) in [4.78, 5) is 14.3. The van der Waals surface area contributed by atoms with Gasteiger partial charge in [0.05, 0.1) is 0 Å². The highest BCUT2D eigenvalue weighted by molar-refractivity contribution is 5.85. The number of carbonyl (C=O) groups excluding carboxylic acids is 1. The van der Waals surface area contributed by atoms with E-state index in [2.05, 4.69) is 0 Å². The first-order chi connectivity index (χ1) is 11.6. The second-order valence-corrected chi connectivity index (χ2v) is 5.57. The predicted molar refractivity (Wildman–Crippen MR) is 99.5 cm³/mol. The average molecular weight is 367 g/mol. The molecule has 1 amide bonds. The number of rotatable bonds is 8. The van der Waals surface area contributed by atoms with Gasteiger partial charge in [0.25, 0.3) is 5.91 Å². The molecule has 4 nitrogen and oxygen atoms in total. The third kappa shape index (κ3) is 6.72. The Kier molecular flexibility index (Phi) is 8.95. The van der Waals surface area contributed by atoms with E-state index in [1.54, 1.807) is 24.0 Å². The van der Waals surface area contributed by atoms with Gasteiger partial charge in [0.15, 0.2) is 6.10 Å². The fourth-order valence-corrected chi connectivity index (χ4v) is 2.45. The van der Waals surface area contributed by atoms with Crippen LogP contribution in [0.15, 0.2) is 54.6 Å². The van der Waals surface area contributed by atoms with Crippen LogP contribution >= 0.6 is 12.4 Å². The zero-order valence-electron chi connectivity index (χ0n) is 14.2. The number of amides is 1. The molecular weight excluding hydrogens is 343 g/mol. The molecule has 0 aliphatic heterocycles. The number of nitrogens with zero attached hydrogens (tertiary/aromatic N) is 1. The van der Waals surface area contributed by atoms with E-state index in [1.165, 1.54) is 12.1 Å². The van der Waals surface area contributed by atoms with Crippen molar-refractivity contribution in [2.24, 2.45) is 5.73 Å². The standard InChI is InChI=1S/C19H23FN2O2.ClH/c1-15(24-18-9-5-8-17(20)14-18)19(23)22(13-11-21)12-10-16-6-3-2-4-7-16;/h2-9,14-15H,10-13,21H2,1H3;1H. The van der Waals surface area contributed by atoms with Crippen LogP contribution in [0, 0.1) is 5.82 Å². The lowest BCUT2D eigenvalue weighted by atomic mass is 10.1. The number of hydrogen-bond donors (Lipinski definition) is 1. The van der Waals surface area contributed by atoms with Crippen molar-refractivity contribution in [1.29, 1.82) is 0 Å². The largest absolute Gasteiger partial charge is 0.481 e. The summed E-state index contributed by atoms with van der Waals surface area (Å²) in [5.74, 6) is -0.206. The Balaban J connectivity index is 0.00000312. The number of ether oxygens (including phenoxy) is 1. The summed E-state index contributed by atoms with van der Waals surface area (Å²) in [5, 5.41) is 0. The predicted octanol–water partition coefficient (Wildman–Crippen LogP) is 3.04. The first kappa shape index (κ1) is 20.9. The molecule has 136 valence electrons. The smallest absolute Gasteiger partial charge is 0.263 e. The highest BCUT2D eigenvalue weighted by atomic mass is 35.5. The van der Waals surface area contributed by atoms with Gasteiger partial charge in [-0.2, -0.15) is 0 Å². The lowest BCUT2D eigenvalue weighted by Gasteiger charge is -2.25.